The molecule has 0 radical (unpaired) electrons. The number of hydrogen-bond acceptors (Lipinski definition) is 7. The molecule has 0 aromatic carbocycles. The molecule has 2 aromatic rings. The first-order valence-electron chi connectivity index (χ1n) is 10.5. The largest absolute Gasteiger partial charge is 0.484 e. The van der Waals surface area contributed by atoms with Crippen molar-refractivity contribution >= 4 is 5.91 Å². The maximum atomic E-state index is 13.5. The van der Waals surface area contributed by atoms with Gasteiger partial charge >= 0.3 is 12.1 Å². The van der Waals surface area contributed by atoms with Crippen molar-refractivity contribution < 1.29 is 31.9 Å². The maximum Gasteiger partial charge on any atom is 0.484 e. The standard InChI is InChI=1S/C21H24F3N4O4/c1-11(21(22,23)24)15-6-17(25-8-16(15)14-4-5-14)18(29)28(30)20(3,7-13-9-31-10-13)19-27-26-12(2)32-19/h6,8,11,13-14H,4-5,7,9-10H2,1-3H3/q+1/t11-,20?/m0/s1. The third-order valence-electron chi connectivity index (χ3n) is 6.17. The highest BCUT2D eigenvalue weighted by atomic mass is 19.4. The first-order chi connectivity index (χ1) is 15.0. The first-order valence-corrected chi connectivity index (χ1v) is 10.5. The molecular formula is C21H24F3N4O4+. The molecule has 0 N–H and O–H groups in total. The van der Waals surface area contributed by atoms with Crippen LogP contribution < -0.4 is 0 Å². The van der Waals surface area contributed by atoms with Crippen LogP contribution in [0, 0.1) is 17.7 Å². The van der Waals surface area contributed by atoms with Crippen LogP contribution in [-0.4, -0.2) is 45.2 Å². The predicted molar refractivity (Wildman–Crippen MR) is 104 cm³/mol. The molecular weight excluding hydrogens is 429 g/mol. The van der Waals surface area contributed by atoms with Gasteiger partial charge in [0.05, 0.1) is 23.9 Å². The van der Waals surface area contributed by atoms with E-state index in [-0.39, 0.29) is 46.1 Å². The first kappa shape index (κ1) is 22.5. The van der Waals surface area contributed by atoms with E-state index in [1.807, 2.05) is 0 Å². The Kier molecular flexibility index (Phi) is 5.64. The number of nitrogens with zero attached hydrogens (tertiary/aromatic N) is 4. The number of aromatic nitrogens is 3. The van der Waals surface area contributed by atoms with E-state index in [1.165, 1.54) is 13.1 Å². The van der Waals surface area contributed by atoms with E-state index in [9.17, 15) is 22.9 Å². The molecule has 11 heteroatoms. The number of carbonyl (C=O) groups is 1. The lowest BCUT2D eigenvalue weighted by atomic mass is 9.87. The van der Waals surface area contributed by atoms with Gasteiger partial charge in [0.1, 0.15) is 0 Å². The summed E-state index contributed by atoms with van der Waals surface area (Å²) in [6.07, 6.45) is -1.43. The number of alkyl halides is 3. The third-order valence-corrected chi connectivity index (χ3v) is 6.17. The second kappa shape index (κ2) is 8.02. The van der Waals surface area contributed by atoms with Gasteiger partial charge in [-0.25, -0.2) is 9.78 Å². The van der Waals surface area contributed by atoms with Crippen LogP contribution in [0.4, 0.5) is 13.2 Å². The highest BCUT2D eigenvalue weighted by Gasteiger charge is 2.55. The van der Waals surface area contributed by atoms with Crippen LogP contribution >= 0.6 is 0 Å². The summed E-state index contributed by atoms with van der Waals surface area (Å²) < 4.78 is 51.3. The summed E-state index contributed by atoms with van der Waals surface area (Å²) in [5, 5.41) is 7.68. The van der Waals surface area contributed by atoms with Crippen molar-refractivity contribution in [3.8, 4) is 0 Å². The molecule has 0 bridgehead atoms. The zero-order valence-corrected chi connectivity index (χ0v) is 18.0. The zero-order valence-electron chi connectivity index (χ0n) is 18.0. The molecule has 4 rings (SSSR count). The number of ether oxygens (including phenoxy) is 1. The molecule has 172 valence electrons. The molecule has 1 aliphatic heterocycles. The fourth-order valence-electron chi connectivity index (χ4n) is 3.95. The van der Waals surface area contributed by atoms with Crippen LogP contribution in [0.2, 0.25) is 0 Å². The Morgan fingerprint density at radius 3 is 2.47 bits per heavy atom. The van der Waals surface area contributed by atoms with Crippen molar-refractivity contribution in [3.05, 3.63) is 45.8 Å². The molecule has 32 heavy (non-hydrogen) atoms. The normalized spacial score (nSPS) is 19.8. The van der Waals surface area contributed by atoms with Crippen molar-refractivity contribution in [1.29, 1.82) is 0 Å². The highest BCUT2D eigenvalue weighted by molar-refractivity contribution is 5.86. The molecule has 1 aliphatic carbocycles. The minimum absolute atomic E-state index is 0.0000532. The van der Waals surface area contributed by atoms with Gasteiger partial charge in [0.2, 0.25) is 5.89 Å². The van der Waals surface area contributed by atoms with Gasteiger partial charge < -0.3 is 9.15 Å². The molecule has 2 atom stereocenters. The molecule has 1 saturated heterocycles. The fourth-order valence-corrected chi connectivity index (χ4v) is 3.95. The number of pyridine rings is 1. The minimum Gasteiger partial charge on any atom is -0.419 e. The van der Waals surface area contributed by atoms with E-state index in [2.05, 4.69) is 15.2 Å². The molecule has 2 aliphatic rings. The fraction of sp³-hybridized carbons (Fsp3) is 0.619. The van der Waals surface area contributed by atoms with Crippen molar-refractivity contribution in [2.75, 3.05) is 13.2 Å². The SMILES string of the molecule is Cc1nnc(C(C)(CC2COC2)[N+](=O)C(=O)c2cc([C@H](C)C(F)(F)F)c(C3CC3)cn2)o1. The Labute approximate surface area is 182 Å². The topological polar surface area (TPSA) is 98.2 Å². The van der Waals surface area contributed by atoms with Crippen molar-refractivity contribution in [3.63, 3.8) is 0 Å². The predicted octanol–water partition coefficient (Wildman–Crippen LogP) is 4.19. The second-order valence-electron chi connectivity index (χ2n) is 8.84. The lowest BCUT2D eigenvalue weighted by Gasteiger charge is -2.29. The summed E-state index contributed by atoms with van der Waals surface area (Å²) in [5.41, 5.74) is -1.40. The quantitative estimate of drug-likeness (QED) is 0.580. The molecule has 1 amide bonds. The van der Waals surface area contributed by atoms with Crippen LogP contribution in [0.3, 0.4) is 0 Å². The Bertz CT molecular complexity index is 1050. The number of nitroso groups, excluding NO2 is 1. The van der Waals surface area contributed by atoms with E-state index in [1.54, 1.807) is 6.92 Å². The van der Waals surface area contributed by atoms with Crippen LogP contribution in [0.5, 0.6) is 0 Å². The molecule has 1 unspecified atom stereocenters. The summed E-state index contributed by atoms with van der Waals surface area (Å²) in [4.78, 5) is 30.5. The van der Waals surface area contributed by atoms with Gasteiger partial charge in [-0.15, -0.1) is 10.2 Å². The monoisotopic (exact) mass is 453 g/mol. The van der Waals surface area contributed by atoms with Crippen molar-refractivity contribution in [2.24, 2.45) is 5.92 Å². The Morgan fingerprint density at radius 2 is 1.97 bits per heavy atom. The van der Waals surface area contributed by atoms with Gasteiger partial charge in [0.25, 0.3) is 11.4 Å². The van der Waals surface area contributed by atoms with E-state index in [4.69, 9.17) is 9.15 Å². The number of carbonyl (C=O) groups excluding carboxylic acids is 1. The molecule has 1 saturated carbocycles. The number of aryl methyl sites for hydroxylation is 1. The molecule has 8 nitrogen and oxygen atoms in total. The van der Waals surface area contributed by atoms with Gasteiger partial charge in [-0.05, 0) is 42.9 Å². The van der Waals surface area contributed by atoms with E-state index < -0.39 is 23.5 Å². The van der Waals surface area contributed by atoms with Crippen LogP contribution in [0.1, 0.15) is 78.3 Å². The summed E-state index contributed by atoms with van der Waals surface area (Å²) >= 11 is 0. The third kappa shape index (κ3) is 4.17. The zero-order chi connectivity index (χ0) is 23.3. The van der Waals surface area contributed by atoms with Gasteiger partial charge in [0, 0.05) is 37.3 Å². The average molecular weight is 453 g/mol. The molecule has 0 spiro atoms. The summed E-state index contributed by atoms with van der Waals surface area (Å²) in [6.45, 7) is 4.95. The summed E-state index contributed by atoms with van der Waals surface area (Å²) in [7, 11) is 0. The highest BCUT2D eigenvalue weighted by Crippen LogP contribution is 2.46. The van der Waals surface area contributed by atoms with E-state index >= 15 is 0 Å². The Hall–Kier alpha value is -2.69. The van der Waals surface area contributed by atoms with Crippen molar-refractivity contribution in [1.82, 2.24) is 15.2 Å². The second-order valence-corrected chi connectivity index (χ2v) is 8.84. The lowest BCUT2D eigenvalue weighted by Crippen LogP contribution is -2.44. The number of halogens is 3. The van der Waals surface area contributed by atoms with E-state index in [0.29, 0.717) is 18.8 Å². The van der Waals surface area contributed by atoms with Crippen LogP contribution in [0.25, 0.3) is 0 Å². The minimum atomic E-state index is -4.48. The van der Waals surface area contributed by atoms with Crippen LogP contribution in [0.15, 0.2) is 16.7 Å². The van der Waals surface area contributed by atoms with Gasteiger partial charge in [-0.3, -0.25) is 0 Å². The van der Waals surface area contributed by atoms with Crippen LogP contribution in [-0.2, 0) is 10.3 Å². The smallest absolute Gasteiger partial charge is 0.419 e. The average Bonchev–Trinajstić information content (AvgIpc) is 3.47. The Morgan fingerprint density at radius 1 is 1.28 bits per heavy atom. The molecule has 2 aromatic heterocycles. The lowest BCUT2D eigenvalue weighted by molar-refractivity contribution is -0.554. The molecule has 2 fully saturated rings. The van der Waals surface area contributed by atoms with E-state index in [0.717, 1.165) is 25.8 Å². The Balaban J connectivity index is 1.69. The molecule has 3 heterocycles. The van der Waals surface area contributed by atoms with Gasteiger partial charge in [-0.2, -0.15) is 13.2 Å². The number of hydrogen-bond donors (Lipinski definition) is 0. The van der Waals surface area contributed by atoms with Gasteiger partial charge in [0.15, 0.2) is 5.69 Å². The summed E-state index contributed by atoms with van der Waals surface area (Å²) in [6, 6.07) is 1.10. The number of amides is 1. The number of rotatable bonds is 7. The van der Waals surface area contributed by atoms with Crippen molar-refractivity contribution in [2.45, 2.75) is 63.6 Å². The maximum absolute atomic E-state index is 13.5. The summed E-state index contributed by atoms with van der Waals surface area (Å²) in [5.74, 6) is -2.65. The van der Waals surface area contributed by atoms with Gasteiger partial charge in [-0.1, -0.05) is 0 Å².